The maximum Gasteiger partial charge on any atom is 0.325 e. The molecule has 1 aromatic carbocycles. The first kappa shape index (κ1) is 19.2. The minimum Gasteiger partial charge on any atom is -0.497 e. The van der Waals surface area contributed by atoms with Gasteiger partial charge in [-0.15, -0.1) is 0 Å². The van der Waals surface area contributed by atoms with Crippen molar-refractivity contribution in [3.63, 3.8) is 0 Å². The molecular formula is C20H27N3O4. The van der Waals surface area contributed by atoms with Crippen molar-refractivity contribution in [3.8, 4) is 5.75 Å². The summed E-state index contributed by atoms with van der Waals surface area (Å²) in [6.07, 6.45) is 3.33. The van der Waals surface area contributed by atoms with Gasteiger partial charge in [0.05, 0.1) is 7.11 Å². The molecule has 0 spiro atoms. The zero-order valence-electron chi connectivity index (χ0n) is 16.1. The second kappa shape index (κ2) is 7.58. The van der Waals surface area contributed by atoms with Gasteiger partial charge >= 0.3 is 6.03 Å². The van der Waals surface area contributed by atoms with Crippen LogP contribution in [0.1, 0.15) is 38.7 Å². The molecule has 1 aliphatic carbocycles. The third-order valence-electron chi connectivity index (χ3n) is 5.44. The van der Waals surface area contributed by atoms with Gasteiger partial charge in [-0.05, 0) is 63.1 Å². The zero-order valence-corrected chi connectivity index (χ0v) is 16.1. The number of amides is 4. The molecule has 7 heteroatoms. The van der Waals surface area contributed by atoms with Crippen molar-refractivity contribution in [2.24, 2.45) is 5.92 Å². The van der Waals surface area contributed by atoms with Gasteiger partial charge in [0.25, 0.3) is 5.91 Å². The molecule has 4 amide bonds. The number of rotatable bonds is 8. The molecule has 2 N–H and O–H groups in total. The molecule has 3 rings (SSSR count). The number of aryl methyl sites for hydroxylation is 1. The lowest BCUT2D eigenvalue weighted by Crippen LogP contribution is -2.46. The Morgan fingerprint density at radius 2 is 2.00 bits per heavy atom. The van der Waals surface area contributed by atoms with E-state index in [-0.39, 0.29) is 24.4 Å². The predicted molar refractivity (Wildman–Crippen MR) is 100 cm³/mol. The number of imide groups is 1. The van der Waals surface area contributed by atoms with Gasteiger partial charge in [-0.1, -0.05) is 12.1 Å². The monoisotopic (exact) mass is 373 g/mol. The summed E-state index contributed by atoms with van der Waals surface area (Å²) in [6, 6.07) is 7.18. The molecule has 2 atom stereocenters. The van der Waals surface area contributed by atoms with Crippen molar-refractivity contribution in [3.05, 3.63) is 29.8 Å². The Kier molecular flexibility index (Phi) is 5.39. The lowest BCUT2D eigenvalue weighted by molar-refractivity contribution is -0.134. The Labute approximate surface area is 159 Å². The summed E-state index contributed by atoms with van der Waals surface area (Å²) in [5, 5.41) is 5.63. The topological polar surface area (TPSA) is 87.7 Å². The Hall–Kier alpha value is -2.57. The molecular weight excluding hydrogens is 346 g/mol. The Morgan fingerprint density at radius 1 is 1.33 bits per heavy atom. The van der Waals surface area contributed by atoms with Gasteiger partial charge < -0.3 is 15.4 Å². The van der Waals surface area contributed by atoms with Crippen LogP contribution >= 0.6 is 0 Å². The molecule has 0 bridgehead atoms. The van der Waals surface area contributed by atoms with E-state index >= 15 is 0 Å². The van der Waals surface area contributed by atoms with E-state index in [1.165, 1.54) is 0 Å². The highest BCUT2D eigenvalue weighted by Gasteiger charge is 2.48. The first-order valence-electron chi connectivity index (χ1n) is 9.39. The van der Waals surface area contributed by atoms with Crippen LogP contribution in [-0.4, -0.2) is 48.0 Å². The average molecular weight is 373 g/mol. The van der Waals surface area contributed by atoms with Crippen molar-refractivity contribution in [2.45, 2.75) is 51.1 Å². The normalized spacial score (nSPS) is 23.1. The van der Waals surface area contributed by atoms with Gasteiger partial charge in [0.15, 0.2) is 0 Å². The summed E-state index contributed by atoms with van der Waals surface area (Å²) in [4.78, 5) is 38.2. The second-order valence-corrected chi connectivity index (χ2v) is 7.70. The van der Waals surface area contributed by atoms with E-state index in [4.69, 9.17) is 4.74 Å². The fourth-order valence-electron chi connectivity index (χ4n) is 3.40. The molecule has 1 heterocycles. The summed E-state index contributed by atoms with van der Waals surface area (Å²) in [5.74, 6) is 0.646. The van der Waals surface area contributed by atoms with Crippen LogP contribution in [0.2, 0.25) is 0 Å². The molecule has 0 radical (unpaired) electrons. The number of benzene rings is 1. The van der Waals surface area contributed by atoms with Gasteiger partial charge in [0.1, 0.15) is 17.8 Å². The molecule has 1 aromatic rings. The first-order chi connectivity index (χ1) is 12.8. The lowest BCUT2D eigenvalue weighted by atomic mass is 9.93. The van der Waals surface area contributed by atoms with Crippen molar-refractivity contribution in [1.82, 2.24) is 15.5 Å². The fourth-order valence-corrected chi connectivity index (χ4v) is 3.40. The van der Waals surface area contributed by atoms with Crippen LogP contribution in [-0.2, 0) is 16.0 Å². The van der Waals surface area contributed by atoms with E-state index in [1.807, 2.05) is 31.2 Å². The van der Waals surface area contributed by atoms with Gasteiger partial charge in [0.2, 0.25) is 5.91 Å². The predicted octanol–water partition coefficient (Wildman–Crippen LogP) is 1.85. The lowest BCUT2D eigenvalue weighted by Gasteiger charge is -2.22. The zero-order chi connectivity index (χ0) is 19.6. The molecule has 2 aliphatic rings. The van der Waals surface area contributed by atoms with E-state index in [0.717, 1.165) is 29.1 Å². The molecule has 2 fully saturated rings. The number of urea groups is 1. The fraction of sp³-hybridized carbons (Fsp3) is 0.550. The number of hydrogen-bond donors (Lipinski definition) is 2. The molecule has 1 aliphatic heterocycles. The molecule has 1 saturated carbocycles. The summed E-state index contributed by atoms with van der Waals surface area (Å²) in [6.45, 7) is 3.43. The van der Waals surface area contributed by atoms with Crippen LogP contribution in [0.4, 0.5) is 4.79 Å². The summed E-state index contributed by atoms with van der Waals surface area (Å²) < 4.78 is 5.14. The Bertz CT molecular complexity index is 729. The van der Waals surface area contributed by atoms with Crippen LogP contribution in [0.3, 0.4) is 0 Å². The number of methoxy groups -OCH3 is 1. The summed E-state index contributed by atoms with van der Waals surface area (Å²) in [7, 11) is 1.61. The quantitative estimate of drug-likeness (QED) is 0.681. The highest BCUT2D eigenvalue weighted by Crippen LogP contribution is 2.32. The number of nitrogens with one attached hydrogen (secondary N) is 2. The molecule has 0 unspecified atom stereocenters. The smallest absolute Gasteiger partial charge is 0.325 e. The van der Waals surface area contributed by atoms with Crippen molar-refractivity contribution in [1.29, 1.82) is 0 Å². The largest absolute Gasteiger partial charge is 0.497 e. The van der Waals surface area contributed by atoms with Crippen LogP contribution in [0, 0.1) is 5.92 Å². The van der Waals surface area contributed by atoms with Crippen molar-refractivity contribution >= 4 is 17.8 Å². The van der Waals surface area contributed by atoms with Crippen LogP contribution in [0.25, 0.3) is 0 Å². The van der Waals surface area contributed by atoms with Crippen molar-refractivity contribution < 1.29 is 19.1 Å². The second-order valence-electron chi connectivity index (χ2n) is 7.70. The van der Waals surface area contributed by atoms with Gasteiger partial charge in [-0.2, -0.15) is 0 Å². The minimum atomic E-state index is -1.00. The highest BCUT2D eigenvalue weighted by molar-refractivity contribution is 6.08. The van der Waals surface area contributed by atoms with Gasteiger partial charge in [-0.3, -0.25) is 14.5 Å². The summed E-state index contributed by atoms with van der Waals surface area (Å²) in [5.41, 5.74) is 0.0490. The van der Waals surface area contributed by atoms with Crippen LogP contribution in [0.15, 0.2) is 24.3 Å². The minimum absolute atomic E-state index is 0.0831. The molecule has 27 heavy (non-hydrogen) atoms. The standard InChI is InChI=1S/C20H27N3O4/c1-13(15-6-7-15)21-17(24)12-23-18(25)20(2,22-19(23)26)11-10-14-4-8-16(27-3)9-5-14/h4-5,8-9,13,15H,6-7,10-12H2,1-3H3,(H,21,24)(H,22,26)/t13-,20-/m1/s1. The molecule has 0 aromatic heterocycles. The highest BCUT2D eigenvalue weighted by atomic mass is 16.5. The van der Waals surface area contributed by atoms with E-state index < -0.39 is 11.6 Å². The number of carbonyl (C=O) groups excluding carboxylic acids is 3. The Morgan fingerprint density at radius 3 is 2.59 bits per heavy atom. The van der Waals surface area contributed by atoms with Crippen LogP contribution < -0.4 is 15.4 Å². The number of carbonyl (C=O) groups is 3. The number of nitrogens with zero attached hydrogens (tertiary/aromatic N) is 1. The third kappa shape index (κ3) is 4.40. The SMILES string of the molecule is COc1ccc(CC[C@@]2(C)NC(=O)N(CC(=O)N[C@H](C)C3CC3)C2=O)cc1. The number of ether oxygens (including phenoxy) is 1. The number of hydrogen-bond acceptors (Lipinski definition) is 4. The maximum atomic E-state index is 12.8. The van der Waals surface area contributed by atoms with E-state index in [9.17, 15) is 14.4 Å². The Balaban J connectivity index is 1.56. The maximum absolute atomic E-state index is 12.8. The molecule has 1 saturated heterocycles. The molecule has 146 valence electrons. The third-order valence-corrected chi connectivity index (χ3v) is 5.44. The average Bonchev–Trinajstić information content (AvgIpc) is 3.46. The van der Waals surface area contributed by atoms with E-state index in [2.05, 4.69) is 10.6 Å². The summed E-state index contributed by atoms with van der Waals surface area (Å²) >= 11 is 0. The van der Waals surface area contributed by atoms with Crippen molar-refractivity contribution in [2.75, 3.05) is 13.7 Å². The first-order valence-corrected chi connectivity index (χ1v) is 9.39. The van der Waals surface area contributed by atoms with Gasteiger partial charge in [0, 0.05) is 6.04 Å². The molecule has 7 nitrogen and oxygen atoms in total. The van der Waals surface area contributed by atoms with E-state index in [0.29, 0.717) is 18.8 Å². The van der Waals surface area contributed by atoms with Crippen LogP contribution in [0.5, 0.6) is 5.75 Å². The van der Waals surface area contributed by atoms with E-state index in [1.54, 1.807) is 14.0 Å². The van der Waals surface area contributed by atoms with Gasteiger partial charge in [-0.25, -0.2) is 4.79 Å².